The summed E-state index contributed by atoms with van der Waals surface area (Å²) in [6.07, 6.45) is 6.92. The highest BCUT2D eigenvalue weighted by atomic mass is 35.5. The van der Waals surface area contributed by atoms with Gasteiger partial charge >= 0.3 is 0 Å². The number of hydrogen-bond donors (Lipinski definition) is 2. The zero-order chi connectivity index (χ0) is 18.8. The number of amides is 1. The molecule has 0 spiro atoms. The molecule has 3 aromatic rings. The van der Waals surface area contributed by atoms with E-state index in [-0.39, 0.29) is 24.1 Å². The molecule has 1 amide bonds. The summed E-state index contributed by atoms with van der Waals surface area (Å²) in [6, 6.07) is 4.71. The van der Waals surface area contributed by atoms with Crippen LogP contribution in [0.15, 0.2) is 36.8 Å². The van der Waals surface area contributed by atoms with Gasteiger partial charge in [-0.05, 0) is 56.6 Å². The van der Waals surface area contributed by atoms with E-state index in [1.165, 1.54) is 10.7 Å². The van der Waals surface area contributed by atoms with Crippen LogP contribution in [0.5, 0.6) is 0 Å². The largest absolute Gasteiger partial charge is 0.320 e. The van der Waals surface area contributed by atoms with Gasteiger partial charge in [-0.25, -0.2) is 13.8 Å². The lowest BCUT2D eigenvalue weighted by Gasteiger charge is -2.22. The van der Waals surface area contributed by atoms with E-state index in [4.69, 9.17) is 0 Å². The van der Waals surface area contributed by atoms with E-state index < -0.39 is 11.7 Å². The van der Waals surface area contributed by atoms with Crippen molar-refractivity contribution >= 4 is 24.0 Å². The first-order valence-electron chi connectivity index (χ1n) is 8.85. The van der Waals surface area contributed by atoms with Gasteiger partial charge in [0.25, 0.3) is 5.91 Å². The van der Waals surface area contributed by atoms with Gasteiger partial charge in [-0.3, -0.25) is 4.79 Å². The second kappa shape index (κ2) is 8.49. The van der Waals surface area contributed by atoms with Gasteiger partial charge in [0.2, 0.25) is 0 Å². The van der Waals surface area contributed by atoms with Crippen molar-refractivity contribution in [3.63, 3.8) is 0 Å². The number of rotatable bonds is 4. The van der Waals surface area contributed by atoms with Crippen molar-refractivity contribution in [1.29, 1.82) is 0 Å². The summed E-state index contributed by atoms with van der Waals surface area (Å²) in [5.74, 6) is -0.897. The van der Waals surface area contributed by atoms with Crippen LogP contribution in [0.25, 0.3) is 5.69 Å². The summed E-state index contributed by atoms with van der Waals surface area (Å²) in [6.45, 7) is 3.73. The van der Waals surface area contributed by atoms with Gasteiger partial charge in [-0.15, -0.1) is 17.5 Å². The summed E-state index contributed by atoms with van der Waals surface area (Å²) in [5.41, 5.74) is 1.81. The fraction of sp³-hybridized carbons (Fsp3) is 0.333. The number of carbonyl (C=O) groups is 1. The molecule has 0 atom stereocenters. The van der Waals surface area contributed by atoms with Crippen molar-refractivity contribution in [3.05, 3.63) is 53.9 Å². The third kappa shape index (κ3) is 4.20. The van der Waals surface area contributed by atoms with Crippen LogP contribution in [-0.4, -0.2) is 43.8 Å². The predicted molar refractivity (Wildman–Crippen MR) is 105 cm³/mol. The van der Waals surface area contributed by atoms with Crippen LogP contribution in [0.1, 0.15) is 34.9 Å². The van der Waals surface area contributed by atoms with E-state index in [1.54, 1.807) is 35.4 Å². The number of hydrogen-bond acceptors (Lipinski definition) is 5. The van der Waals surface area contributed by atoms with Gasteiger partial charge in [0.05, 0.1) is 18.4 Å². The molecule has 1 saturated heterocycles. The lowest BCUT2D eigenvalue weighted by Crippen LogP contribution is -2.29. The van der Waals surface area contributed by atoms with Crippen LogP contribution in [0.3, 0.4) is 0 Å². The smallest absolute Gasteiger partial charge is 0.277 e. The van der Waals surface area contributed by atoms with E-state index in [2.05, 4.69) is 26.0 Å². The molecule has 0 unspecified atom stereocenters. The fourth-order valence-corrected chi connectivity index (χ4v) is 3.14. The zero-order valence-electron chi connectivity index (χ0n) is 15.3. The Morgan fingerprint density at radius 3 is 2.75 bits per heavy atom. The molecule has 0 saturated carbocycles. The van der Waals surface area contributed by atoms with E-state index in [0.717, 1.165) is 31.5 Å². The molecule has 1 aliphatic heterocycles. The maximum atomic E-state index is 14.4. The topological polar surface area (TPSA) is 89.7 Å². The fourth-order valence-electron chi connectivity index (χ4n) is 3.14. The molecule has 0 aliphatic carbocycles. The minimum Gasteiger partial charge on any atom is -0.320 e. The molecule has 148 valence electrons. The van der Waals surface area contributed by atoms with Crippen LogP contribution in [0, 0.1) is 12.7 Å². The van der Waals surface area contributed by atoms with Crippen LogP contribution < -0.4 is 10.6 Å². The Bertz CT molecular complexity index is 965. The van der Waals surface area contributed by atoms with E-state index in [1.807, 2.05) is 6.92 Å². The average molecular weight is 406 g/mol. The Hall–Kier alpha value is -2.78. The quantitative estimate of drug-likeness (QED) is 0.696. The van der Waals surface area contributed by atoms with Gasteiger partial charge in [0.15, 0.2) is 11.5 Å². The Kier molecular flexibility index (Phi) is 6.05. The molecule has 3 heterocycles. The zero-order valence-corrected chi connectivity index (χ0v) is 16.1. The molecule has 2 N–H and O–H groups in total. The van der Waals surface area contributed by atoms with Crippen molar-refractivity contribution in [2.75, 3.05) is 18.4 Å². The Balaban J connectivity index is 0.00000225. The van der Waals surface area contributed by atoms with Gasteiger partial charge in [0.1, 0.15) is 5.69 Å². The van der Waals surface area contributed by atoms with E-state index in [9.17, 15) is 9.18 Å². The molecule has 1 aromatic carbocycles. The summed E-state index contributed by atoms with van der Waals surface area (Å²) in [7, 11) is 0. The molecule has 8 nitrogen and oxygen atoms in total. The van der Waals surface area contributed by atoms with Crippen LogP contribution in [0.2, 0.25) is 0 Å². The number of benzene rings is 1. The number of nitrogens with zero attached hydrogens (tertiary/aromatic N) is 5. The number of anilines is 1. The number of aromatic nitrogens is 5. The molecule has 28 heavy (non-hydrogen) atoms. The van der Waals surface area contributed by atoms with Gasteiger partial charge in [0, 0.05) is 11.9 Å². The highest BCUT2D eigenvalue weighted by molar-refractivity contribution is 6.02. The SMILES string of the molecule is Cc1cnn(-c2ccc(NC(=O)c3cn(C4CCNCC4)nn3)cc2F)c1.Cl. The summed E-state index contributed by atoms with van der Waals surface area (Å²) in [5, 5.41) is 18.1. The van der Waals surface area contributed by atoms with Gasteiger partial charge in [-0.2, -0.15) is 5.10 Å². The molecule has 1 fully saturated rings. The second-order valence-electron chi connectivity index (χ2n) is 6.65. The van der Waals surface area contributed by atoms with Gasteiger partial charge < -0.3 is 10.6 Å². The maximum Gasteiger partial charge on any atom is 0.277 e. The van der Waals surface area contributed by atoms with Crippen LogP contribution in [-0.2, 0) is 0 Å². The number of aryl methyl sites for hydroxylation is 1. The van der Waals surface area contributed by atoms with Crippen molar-refractivity contribution in [1.82, 2.24) is 30.1 Å². The van der Waals surface area contributed by atoms with Crippen molar-refractivity contribution in [3.8, 4) is 5.69 Å². The molecule has 1 aliphatic rings. The Labute approximate surface area is 167 Å². The highest BCUT2D eigenvalue weighted by Crippen LogP contribution is 2.20. The highest BCUT2D eigenvalue weighted by Gasteiger charge is 2.19. The molecule has 2 aromatic heterocycles. The Morgan fingerprint density at radius 2 is 2.07 bits per heavy atom. The molecular weight excluding hydrogens is 385 g/mol. The third-order valence-corrected chi connectivity index (χ3v) is 4.59. The summed E-state index contributed by atoms with van der Waals surface area (Å²) >= 11 is 0. The predicted octanol–water partition coefficient (Wildman–Crippen LogP) is 2.51. The monoisotopic (exact) mass is 405 g/mol. The summed E-state index contributed by atoms with van der Waals surface area (Å²) in [4.78, 5) is 12.4. The number of carbonyl (C=O) groups excluding carboxylic acids is 1. The molecule has 0 radical (unpaired) electrons. The molecule has 10 heteroatoms. The van der Waals surface area contributed by atoms with Crippen molar-refractivity contribution in [2.45, 2.75) is 25.8 Å². The first-order chi connectivity index (χ1) is 13.1. The minimum absolute atomic E-state index is 0. The van der Waals surface area contributed by atoms with Crippen LogP contribution >= 0.6 is 12.4 Å². The lowest BCUT2D eigenvalue weighted by atomic mass is 10.1. The van der Waals surface area contributed by atoms with Crippen molar-refractivity contribution < 1.29 is 9.18 Å². The number of nitrogens with one attached hydrogen (secondary N) is 2. The normalized spacial score (nSPS) is 14.5. The minimum atomic E-state index is -0.478. The number of piperidine rings is 1. The lowest BCUT2D eigenvalue weighted by molar-refractivity contribution is 0.102. The third-order valence-electron chi connectivity index (χ3n) is 4.59. The van der Waals surface area contributed by atoms with Crippen LogP contribution in [0.4, 0.5) is 10.1 Å². The standard InChI is InChI=1S/C18H20FN7O.ClH/c1-12-9-21-26(10-12)17-3-2-13(8-15(17)19)22-18(27)16-11-25(24-23-16)14-4-6-20-7-5-14;/h2-3,8-11,14,20H,4-7H2,1H3,(H,22,27);1H. The maximum absolute atomic E-state index is 14.4. The summed E-state index contributed by atoms with van der Waals surface area (Å²) < 4.78 is 17.6. The number of halogens is 2. The molecule has 0 bridgehead atoms. The second-order valence-corrected chi connectivity index (χ2v) is 6.65. The van der Waals surface area contributed by atoms with E-state index >= 15 is 0 Å². The van der Waals surface area contributed by atoms with Crippen molar-refractivity contribution in [2.24, 2.45) is 0 Å². The first kappa shape index (κ1) is 20.0. The van der Waals surface area contributed by atoms with Gasteiger partial charge in [-0.1, -0.05) is 5.21 Å². The van der Waals surface area contributed by atoms with E-state index in [0.29, 0.717) is 11.4 Å². The Morgan fingerprint density at radius 1 is 1.29 bits per heavy atom. The molecular formula is C18H21ClFN7O. The molecule has 4 rings (SSSR count). The average Bonchev–Trinajstić information content (AvgIpc) is 3.32. The first-order valence-corrected chi connectivity index (χ1v) is 8.85.